The number of hydrogen-bond acceptors (Lipinski definition) is 3. The fourth-order valence-corrected chi connectivity index (χ4v) is 7.42. The third-order valence-electron chi connectivity index (χ3n) is 8.28. The molecule has 5 saturated carbocycles. The van der Waals surface area contributed by atoms with E-state index in [-0.39, 0.29) is 11.6 Å². The molecule has 0 aromatic carbocycles. The van der Waals surface area contributed by atoms with E-state index < -0.39 is 0 Å². The van der Waals surface area contributed by atoms with E-state index in [0.29, 0.717) is 12.6 Å². The monoisotopic (exact) mass is 419 g/mol. The molecule has 164 valence electrons. The van der Waals surface area contributed by atoms with Gasteiger partial charge in [0.1, 0.15) is 0 Å². The third kappa shape index (κ3) is 3.74. The van der Waals surface area contributed by atoms with Crippen LogP contribution in [0.4, 0.5) is 4.79 Å². The van der Waals surface area contributed by atoms with Crippen LogP contribution in [0.5, 0.6) is 0 Å². The predicted molar refractivity (Wildman–Crippen MR) is 119 cm³/mol. The molecule has 0 saturated heterocycles. The van der Waals surface area contributed by atoms with E-state index in [0.717, 1.165) is 34.7 Å². The van der Waals surface area contributed by atoms with Crippen LogP contribution in [0.25, 0.3) is 11.3 Å². The van der Waals surface area contributed by atoms with Crippen molar-refractivity contribution in [1.29, 1.82) is 0 Å². The lowest BCUT2D eigenvalue weighted by atomic mass is 9.53. The van der Waals surface area contributed by atoms with Crippen LogP contribution in [0, 0.1) is 17.8 Å². The van der Waals surface area contributed by atoms with Crippen molar-refractivity contribution in [2.75, 3.05) is 0 Å². The van der Waals surface area contributed by atoms with E-state index in [1.54, 1.807) is 0 Å². The Labute approximate surface area is 184 Å². The molecule has 7 rings (SSSR count). The number of amides is 2. The number of pyridine rings is 1. The lowest BCUT2D eigenvalue weighted by molar-refractivity contribution is -0.0135. The summed E-state index contributed by atoms with van der Waals surface area (Å²) in [5, 5.41) is 11.4. The van der Waals surface area contributed by atoms with Crippen LogP contribution in [-0.4, -0.2) is 26.3 Å². The number of aromatic nitrogens is 3. The van der Waals surface area contributed by atoms with Gasteiger partial charge in [0, 0.05) is 23.5 Å². The molecule has 0 aliphatic heterocycles. The highest BCUT2D eigenvalue weighted by Crippen LogP contribution is 2.55. The summed E-state index contributed by atoms with van der Waals surface area (Å²) in [5.41, 5.74) is 3.25. The summed E-state index contributed by atoms with van der Waals surface area (Å²) >= 11 is 0. The molecule has 5 aliphatic rings. The quantitative estimate of drug-likeness (QED) is 0.729. The Kier molecular flexibility index (Phi) is 4.77. The van der Waals surface area contributed by atoms with Crippen molar-refractivity contribution < 1.29 is 4.79 Å². The fraction of sp³-hybridized carbons (Fsp3) is 0.640. The summed E-state index contributed by atoms with van der Waals surface area (Å²) in [6, 6.07) is 6.65. The average molecular weight is 420 g/mol. The molecule has 5 fully saturated rings. The Balaban J connectivity index is 1.15. The van der Waals surface area contributed by atoms with Gasteiger partial charge in [-0.2, -0.15) is 5.10 Å². The number of carbonyl (C=O) groups excluding carboxylic acids is 1. The number of carbonyl (C=O) groups is 1. The zero-order valence-electron chi connectivity index (χ0n) is 18.2. The summed E-state index contributed by atoms with van der Waals surface area (Å²) in [7, 11) is 0. The molecule has 6 heteroatoms. The summed E-state index contributed by atoms with van der Waals surface area (Å²) in [5.74, 6) is 2.49. The van der Waals surface area contributed by atoms with E-state index >= 15 is 0 Å². The van der Waals surface area contributed by atoms with Crippen molar-refractivity contribution in [1.82, 2.24) is 25.4 Å². The van der Waals surface area contributed by atoms with Crippen LogP contribution >= 0.6 is 0 Å². The van der Waals surface area contributed by atoms with Gasteiger partial charge in [0.15, 0.2) is 0 Å². The smallest absolute Gasteiger partial charge is 0.315 e. The average Bonchev–Trinajstić information content (AvgIpc) is 3.41. The number of hydrogen-bond donors (Lipinski definition) is 2. The maximum absolute atomic E-state index is 12.9. The summed E-state index contributed by atoms with van der Waals surface area (Å²) in [6.07, 6.45) is 16.2. The largest absolute Gasteiger partial charge is 0.333 e. The van der Waals surface area contributed by atoms with Crippen LogP contribution < -0.4 is 10.6 Å². The molecule has 2 aromatic heterocycles. The lowest BCUT2D eigenvalue weighted by Crippen LogP contribution is -2.61. The molecule has 2 aromatic rings. The van der Waals surface area contributed by atoms with Gasteiger partial charge in [-0.25, -0.2) is 4.79 Å². The molecule has 0 atom stereocenters. The lowest BCUT2D eigenvalue weighted by Gasteiger charge is -2.56. The predicted octanol–water partition coefficient (Wildman–Crippen LogP) is 4.83. The van der Waals surface area contributed by atoms with Crippen LogP contribution in [0.2, 0.25) is 0 Å². The Morgan fingerprint density at radius 1 is 1.03 bits per heavy atom. The van der Waals surface area contributed by atoms with Crippen molar-refractivity contribution in [3.63, 3.8) is 0 Å². The number of nitrogens with one attached hydrogen (secondary N) is 2. The molecule has 6 nitrogen and oxygen atoms in total. The molecule has 0 unspecified atom stereocenters. The minimum atomic E-state index is -0.0252. The fourth-order valence-electron chi connectivity index (χ4n) is 7.42. The zero-order chi connectivity index (χ0) is 20.8. The van der Waals surface area contributed by atoms with Crippen molar-refractivity contribution in [2.24, 2.45) is 17.8 Å². The second kappa shape index (κ2) is 7.64. The molecule has 0 spiro atoms. The van der Waals surface area contributed by atoms with E-state index in [1.807, 2.05) is 24.5 Å². The number of nitrogens with zero attached hydrogens (tertiary/aromatic N) is 3. The van der Waals surface area contributed by atoms with Gasteiger partial charge in [0.2, 0.25) is 0 Å². The van der Waals surface area contributed by atoms with E-state index in [1.165, 1.54) is 64.2 Å². The Hall–Kier alpha value is -2.37. The van der Waals surface area contributed by atoms with E-state index in [2.05, 4.69) is 26.4 Å². The van der Waals surface area contributed by atoms with Crippen molar-refractivity contribution in [3.05, 3.63) is 36.3 Å². The van der Waals surface area contributed by atoms with Gasteiger partial charge in [-0.1, -0.05) is 12.8 Å². The number of urea groups is 1. The first-order valence-electron chi connectivity index (χ1n) is 12.2. The van der Waals surface area contributed by atoms with Crippen LogP contribution in [-0.2, 0) is 6.54 Å². The van der Waals surface area contributed by atoms with Gasteiger partial charge in [0.05, 0.1) is 24.0 Å². The maximum Gasteiger partial charge on any atom is 0.315 e. The normalized spacial score (nSPS) is 31.8. The Morgan fingerprint density at radius 3 is 2.32 bits per heavy atom. The second-order valence-corrected chi connectivity index (χ2v) is 10.6. The van der Waals surface area contributed by atoms with Crippen LogP contribution in [0.1, 0.15) is 75.9 Å². The minimum absolute atomic E-state index is 0.0252. The first kappa shape index (κ1) is 19.3. The Bertz CT molecular complexity index is 911. The summed E-state index contributed by atoms with van der Waals surface area (Å²) in [4.78, 5) is 17.0. The molecule has 4 bridgehead atoms. The second-order valence-electron chi connectivity index (χ2n) is 10.6. The molecule has 31 heavy (non-hydrogen) atoms. The molecule has 0 radical (unpaired) electrons. The standard InChI is InChI=1S/C25H33N5O/c31-24(28-25-13-17-9-18(14-25)11-19(10-17)15-25)27-16-21-12-23(20-5-7-26-8-6-20)30(29-21)22-3-1-2-4-22/h5-8,12,17-19,22H,1-4,9-11,13-16H2,(H2,27,28,31). The van der Waals surface area contributed by atoms with E-state index in [9.17, 15) is 4.79 Å². The van der Waals surface area contributed by atoms with Crippen LogP contribution in [0.3, 0.4) is 0 Å². The summed E-state index contributed by atoms with van der Waals surface area (Å²) < 4.78 is 2.19. The first-order valence-corrected chi connectivity index (χ1v) is 12.2. The Morgan fingerprint density at radius 2 is 1.68 bits per heavy atom. The van der Waals surface area contributed by atoms with Gasteiger partial charge in [-0.3, -0.25) is 9.67 Å². The van der Waals surface area contributed by atoms with Gasteiger partial charge < -0.3 is 10.6 Å². The SMILES string of the molecule is O=C(NCc1cc(-c2ccncc2)n(C2CCCC2)n1)NC12CC3CC(CC(C3)C1)C2. The molecular weight excluding hydrogens is 386 g/mol. The highest BCUT2D eigenvalue weighted by Gasteiger charge is 2.51. The molecule has 2 heterocycles. The molecular formula is C25H33N5O. The highest BCUT2D eigenvalue weighted by molar-refractivity contribution is 5.75. The van der Waals surface area contributed by atoms with Crippen molar-refractivity contribution in [3.8, 4) is 11.3 Å². The van der Waals surface area contributed by atoms with Crippen LogP contribution in [0.15, 0.2) is 30.6 Å². The van der Waals surface area contributed by atoms with E-state index in [4.69, 9.17) is 5.10 Å². The highest BCUT2D eigenvalue weighted by atomic mass is 16.2. The van der Waals surface area contributed by atoms with Crippen molar-refractivity contribution in [2.45, 2.75) is 82.3 Å². The topological polar surface area (TPSA) is 71.8 Å². The zero-order valence-corrected chi connectivity index (χ0v) is 18.2. The molecule has 2 amide bonds. The van der Waals surface area contributed by atoms with Gasteiger partial charge in [-0.15, -0.1) is 0 Å². The minimum Gasteiger partial charge on any atom is -0.333 e. The third-order valence-corrected chi connectivity index (χ3v) is 8.28. The first-order chi connectivity index (χ1) is 15.2. The van der Waals surface area contributed by atoms with Gasteiger partial charge in [-0.05, 0) is 87.3 Å². The summed E-state index contributed by atoms with van der Waals surface area (Å²) in [6.45, 7) is 0.468. The number of rotatable bonds is 5. The maximum atomic E-state index is 12.9. The van der Waals surface area contributed by atoms with Crippen molar-refractivity contribution >= 4 is 6.03 Å². The van der Waals surface area contributed by atoms with Gasteiger partial charge in [0.25, 0.3) is 0 Å². The molecule has 2 N–H and O–H groups in total. The molecule has 5 aliphatic carbocycles. The van der Waals surface area contributed by atoms with Gasteiger partial charge >= 0.3 is 6.03 Å².